The maximum Gasteiger partial charge on any atom is 0.136 e. The van der Waals surface area contributed by atoms with Gasteiger partial charge in [0.05, 0.1) is 17.6 Å². The Kier molecular flexibility index (Phi) is 2.63. The summed E-state index contributed by atoms with van der Waals surface area (Å²) in [5, 5.41) is 1.07. The van der Waals surface area contributed by atoms with Crippen molar-refractivity contribution >= 4 is 28.2 Å². The number of aromatic nitrogens is 1. The molecular formula is C15H15N3O. The zero-order valence-electron chi connectivity index (χ0n) is 10.9. The number of fused-ring (bicyclic) bond motifs is 1. The Labute approximate surface area is 111 Å². The van der Waals surface area contributed by atoms with E-state index in [1.807, 2.05) is 49.2 Å². The fourth-order valence-corrected chi connectivity index (χ4v) is 2.28. The van der Waals surface area contributed by atoms with Gasteiger partial charge in [-0.1, -0.05) is 12.1 Å². The van der Waals surface area contributed by atoms with Crippen LogP contribution < -0.4 is 10.6 Å². The van der Waals surface area contributed by atoms with Crippen molar-refractivity contribution in [1.29, 1.82) is 0 Å². The van der Waals surface area contributed by atoms with Crippen LogP contribution >= 0.6 is 0 Å². The molecule has 0 aliphatic rings. The maximum atomic E-state index is 5.74. The second-order valence-corrected chi connectivity index (χ2v) is 4.59. The van der Waals surface area contributed by atoms with Crippen LogP contribution in [0.2, 0.25) is 0 Å². The summed E-state index contributed by atoms with van der Waals surface area (Å²) in [6.07, 6.45) is 3.42. The first-order valence-corrected chi connectivity index (χ1v) is 6.09. The molecule has 0 amide bonds. The second kappa shape index (κ2) is 4.31. The van der Waals surface area contributed by atoms with Crippen LogP contribution in [0.4, 0.5) is 17.2 Å². The lowest BCUT2D eigenvalue weighted by molar-refractivity contribution is 0.616. The number of furan rings is 1. The Morgan fingerprint density at radius 3 is 2.84 bits per heavy atom. The average Bonchev–Trinajstić information content (AvgIpc) is 2.82. The molecule has 3 aromatic rings. The van der Waals surface area contributed by atoms with Crippen molar-refractivity contribution in [3.63, 3.8) is 0 Å². The summed E-state index contributed by atoms with van der Waals surface area (Å²) in [6.45, 7) is 2.00. The largest absolute Gasteiger partial charge is 0.462 e. The van der Waals surface area contributed by atoms with Crippen molar-refractivity contribution < 1.29 is 4.42 Å². The first-order valence-electron chi connectivity index (χ1n) is 6.09. The third-order valence-electron chi connectivity index (χ3n) is 3.21. The number of pyridine rings is 1. The highest BCUT2D eigenvalue weighted by molar-refractivity contribution is 5.92. The summed E-state index contributed by atoms with van der Waals surface area (Å²) in [5.41, 5.74) is 9.31. The van der Waals surface area contributed by atoms with E-state index in [4.69, 9.17) is 10.2 Å². The van der Waals surface area contributed by atoms with Gasteiger partial charge in [-0.15, -0.1) is 0 Å². The lowest BCUT2D eigenvalue weighted by atomic mass is 10.2. The molecule has 4 heteroatoms. The van der Waals surface area contributed by atoms with E-state index in [1.165, 1.54) is 0 Å². The molecule has 0 atom stereocenters. The third-order valence-corrected chi connectivity index (χ3v) is 3.21. The summed E-state index contributed by atoms with van der Waals surface area (Å²) in [5.74, 6) is 0.876. The van der Waals surface area contributed by atoms with Crippen molar-refractivity contribution in [2.45, 2.75) is 6.92 Å². The highest BCUT2D eigenvalue weighted by atomic mass is 16.3. The first kappa shape index (κ1) is 11.6. The van der Waals surface area contributed by atoms with Crippen LogP contribution in [-0.2, 0) is 0 Å². The maximum absolute atomic E-state index is 5.74. The molecule has 2 aromatic heterocycles. The normalized spacial score (nSPS) is 10.8. The van der Waals surface area contributed by atoms with Crippen LogP contribution in [0.5, 0.6) is 0 Å². The lowest BCUT2D eigenvalue weighted by Crippen LogP contribution is -2.12. The highest BCUT2D eigenvalue weighted by Crippen LogP contribution is 2.33. The average molecular weight is 253 g/mol. The molecule has 2 heterocycles. The molecule has 0 saturated heterocycles. The molecule has 0 spiro atoms. The molecule has 0 aliphatic heterocycles. The van der Waals surface area contributed by atoms with E-state index in [9.17, 15) is 0 Å². The van der Waals surface area contributed by atoms with Crippen molar-refractivity contribution in [2.75, 3.05) is 17.7 Å². The fraction of sp³-hybridized carbons (Fsp3) is 0.133. The minimum absolute atomic E-state index is 0.673. The number of anilines is 3. The molecule has 0 fully saturated rings. The molecule has 19 heavy (non-hydrogen) atoms. The van der Waals surface area contributed by atoms with Crippen LogP contribution in [-0.4, -0.2) is 12.0 Å². The van der Waals surface area contributed by atoms with E-state index in [-0.39, 0.29) is 0 Å². The predicted octanol–water partition coefficient (Wildman–Crippen LogP) is 3.49. The summed E-state index contributed by atoms with van der Waals surface area (Å²) in [7, 11) is 1.98. The number of hydrogen-bond donors (Lipinski definition) is 1. The van der Waals surface area contributed by atoms with Gasteiger partial charge in [0, 0.05) is 12.4 Å². The summed E-state index contributed by atoms with van der Waals surface area (Å²) < 4.78 is 5.56. The Balaban J connectivity index is 2.10. The lowest BCUT2D eigenvalue weighted by Gasteiger charge is -2.19. The standard InChI is InChI=1S/C15H15N3O/c1-10-7-11(16)8-17-15(10)18(2)13-9-19-14-6-4-3-5-12(13)14/h3-9H,16H2,1-2H3. The Morgan fingerprint density at radius 2 is 2.05 bits per heavy atom. The monoisotopic (exact) mass is 253 g/mol. The minimum Gasteiger partial charge on any atom is -0.462 e. The summed E-state index contributed by atoms with van der Waals surface area (Å²) in [4.78, 5) is 6.41. The Hall–Kier alpha value is -2.49. The van der Waals surface area contributed by atoms with E-state index in [1.54, 1.807) is 12.5 Å². The summed E-state index contributed by atoms with van der Waals surface area (Å²) >= 11 is 0. The van der Waals surface area contributed by atoms with Gasteiger partial charge in [-0.25, -0.2) is 4.98 Å². The molecule has 0 saturated carbocycles. The van der Waals surface area contributed by atoms with E-state index < -0.39 is 0 Å². The topological polar surface area (TPSA) is 55.3 Å². The molecule has 1 aromatic carbocycles. The van der Waals surface area contributed by atoms with Crippen molar-refractivity contribution in [3.05, 3.63) is 48.4 Å². The molecule has 96 valence electrons. The number of para-hydroxylation sites is 1. The van der Waals surface area contributed by atoms with E-state index >= 15 is 0 Å². The Bertz CT molecular complexity index is 733. The predicted molar refractivity (Wildman–Crippen MR) is 77.7 cm³/mol. The highest BCUT2D eigenvalue weighted by Gasteiger charge is 2.14. The van der Waals surface area contributed by atoms with Gasteiger partial charge >= 0.3 is 0 Å². The molecule has 0 unspecified atom stereocenters. The molecule has 0 bridgehead atoms. The quantitative estimate of drug-likeness (QED) is 0.759. The SMILES string of the molecule is Cc1cc(N)cnc1N(C)c1coc2ccccc12. The third kappa shape index (κ3) is 1.91. The number of benzene rings is 1. The van der Waals surface area contributed by atoms with Gasteiger partial charge in [0.25, 0.3) is 0 Å². The van der Waals surface area contributed by atoms with Crippen LogP contribution in [0.3, 0.4) is 0 Å². The van der Waals surface area contributed by atoms with Crippen LogP contribution in [0.15, 0.2) is 47.2 Å². The van der Waals surface area contributed by atoms with Crippen molar-refractivity contribution in [1.82, 2.24) is 4.98 Å². The van der Waals surface area contributed by atoms with Crippen LogP contribution in [0, 0.1) is 6.92 Å². The first-order chi connectivity index (χ1) is 9.16. The molecule has 0 aliphatic carbocycles. The van der Waals surface area contributed by atoms with Crippen molar-refractivity contribution in [2.24, 2.45) is 0 Å². The fourth-order valence-electron chi connectivity index (χ4n) is 2.28. The van der Waals surface area contributed by atoms with Crippen LogP contribution in [0.25, 0.3) is 11.0 Å². The number of nitrogens with zero attached hydrogens (tertiary/aromatic N) is 2. The second-order valence-electron chi connectivity index (χ2n) is 4.59. The molecular weight excluding hydrogens is 238 g/mol. The van der Waals surface area contributed by atoms with Gasteiger partial charge in [0.2, 0.25) is 0 Å². The molecule has 0 radical (unpaired) electrons. The van der Waals surface area contributed by atoms with Crippen LogP contribution in [0.1, 0.15) is 5.56 Å². The minimum atomic E-state index is 0.673. The van der Waals surface area contributed by atoms with E-state index in [2.05, 4.69) is 4.98 Å². The molecule has 3 rings (SSSR count). The number of aryl methyl sites for hydroxylation is 1. The number of nitrogens with two attached hydrogens (primary N) is 1. The van der Waals surface area contributed by atoms with Gasteiger partial charge in [0.15, 0.2) is 0 Å². The number of nitrogen functional groups attached to an aromatic ring is 1. The zero-order valence-corrected chi connectivity index (χ0v) is 10.9. The van der Waals surface area contributed by atoms with Gasteiger partial charge in [-0.2, -0.15) is 0 Å². The number of hydrogen-bond acceptors (Lipinski definition) is 4. The Morgan fingerprint density at radius 1 is 1.26 bits per heavy atom. The molecule has 4 nitrogen and oxygen atoms in total. The van der Waals surface area contributed by atoms with E-state index in [0.29, 0.717) is 5.69 Å². The zero-order chi connectivity index (χ0) is 13.4. The van der Waals surface area contributed by atoms with Gasteiger partial charge < -0.3 is 15.1 Å². The molecule has 2 N–H and O–H groups in total. The van der Waals surface area contributed by atoms with Gasteiger partial charge in [0.1, 0.15) is 17.7 Å². The van der Waals surface area contributed by atoms with Crippen molar-refractivity contribution in [3.8, 4) is 0 Å². The van der Waals surface area contributed by atoms with Gasteiger partial charge in [-0.3, -0.25) is 0 Å². The summed E-state index contributed by atoms with van der Waals surface area (Å²) in [6, 6.07) is 9.87. The number of rotatable bonds is 2. The van der Waals surface area contributed by atoms with Gasteiger partial charge in [-0.05, 0) is 30.7 Å². The smallest absolute Gasteiger partial charge is 0.136 e. The van der Waals surface area contributed by atoms with E-state index in [0.717, 1.165) is 28.0 Å².